The SMILES string of the molecule is O=[N+]([O-])c1ccc(CNCc2cscn2)o1. The van der Waals surface area contributed by atoms with E-state index in [9.17, 15) is 10.1 Å². The number of hydrogen-bond acceptors (Lipinski definition) is 6. The molecule has 0 spiro atoms. The van der Waals surface area contributed by atoms with Crippen LogP contribution in [0.25, 0.3) is 0 Å². The van der Waals surface area contributed by atoms with Crippen LogP contribution >= 0.6 is 11.3 Å². The fourth-order valence-corrected chi connectivity index (χ4v) is 1.76. The minimum absolute atomic E-state index is 0.231. The molecule has 2 aromatic heterocycles. The van der Waals surface area contributed by atoms with Gasteiger partial charge in [0.15, 0.2) is 0 Å². The highest BCUT2D eigenvalue weighted by Gasteiger charge is 2.11. The molecule has 0 saturated carbocycles. The molecule has 0 amide bonds. The highest BCUT2D eigenvalue weighted by molar-refractivity contribution is 7.07. The van der Waals surface area contributed by atoms with Crippen molar-refractivity contribution in [2.45, 2.75) is 13.1 Å². The summed E-state index contributed by atoms with van der Waals surface area (Å²) in [7, 11) is 0. The van der Waals surface area contributed by atoms with Gasteiger partial charge in [-0.1, -0.05) is 0 Å². The fourth-order valence-electron chi connectivity index (χ4n) is 1.20. The second-order valence-electron chi connectivity index (χ2n) is 3.08. The van der Waals surface area contributed by atoms with Crippen molar-refractivity contribution in [3.8, 4) is 0 Å². The number of nitrogens with one attached hydrogen (secondary N) is 1. The molecule has 0 atom stereocenters. The summed E-state index contributed by atoms with van der Waals surface area (Å²) in [5.74, 6) is 0.312. The maximum atomic E-state index is 10.4. The third kappa shape index (κ3) is 2.65. The Morgan fingerprint density at radius 2 is 2.38 bits per heavy atom. The number of thiazole rings is 1. The molecule has 0 unspecified atom stereocenters. The van der Waals surface area contributed by atoms with Crippen molar-refractivity contribution in [2.75, 3.05) is 0 Å². The molecule has 6 nitrogen and oxygen atoms in total. The van der Waals surface area contributed by atoms with E-state index in [0.717, 1.165) is 5.69 Å². The molecule has 16 heavy (non-hydrogen) atoms. The minimum Gasteiger partial charge on any atom is -0.404 e. The van der Waals surface area contributed by atoms with E-state index in [1.165, 1.54) is 17.4 Å². The molecule has 2 rings (SSSR count). The van der Waals surface area contributed by atoms with Crippen LogP contribution in [-0.2, 0) is 13.1 Å². The Morgan fingerprint density at radius 3 is 3.00 bits per heavy atom. The topological polar surface area (TPSA) is 81.2 Å². The summed E-state index contributed by atoms with van der Waals surface area (Å²) in [6.45, 7) is 1.07. The Labute approximate surface area is 95.1 Å². The van der Waals surface area contributed by atoms with Crippen LogP contribution in [0.3, 0.4) is 0 Å². The molecule has 2 heterocycles. The molecule has 84 valence electrons. The molecular formula is C9H9N3O3S. The smallest absolute Gasteiger partial charge is 0.404 e. The Kier molecular flexibility index (Phi) is 3.28. The van der Waals surface area contributed by atoms with Gasteiger partial charge in [0, 0.05) is 11.9 Å². The summed E-state index contributed by atoms with van der Waals surface area (Å²) in [6.07, 6.45) is 0. The molecule has 0 aliphatic heterocycles. The summed E-state index contributed by atoms with van der Waals surface area (Å²) in [5, 5.41) is 15.4. The van der Waals surface area contributed by atoms with Gasteiger partial charge >= 0.3 is 5.88 Å². The molecule has 0 radical (unpaired) electrons. The predicted octanol–water partition coefficient (Wildman–Crippen LogP) is 1.93. The third-order valence-electron chi connectivity index (χ3n) is 1.92. The second-order valence-corrected chi connectivity index (χ2v) is 3.80. The molecule has 2 aromatic rings. The van der Waals surface area contributed by atoms with Gasteiger partial charge in [0.05, 0.1) is 23.8 Å². The van der Waals surface area contributed by atoms with E-state index < -0.39 is 4.92 Å². The van der Waals surface area contributed by atoms with Gasteiger partial charge in [-0.05, 0) is 6.07 Å². The molecule has 0 fully saturated rings. The Bertz CT molecular complexity index is 466. The van der Waals surface area contributed by atoms with Gasteiger partial charge in [0.25, 0.3) is 0 Å². The molecular weight excluding hydrogens is 230 g/mol. The summed E-state index contributed by atoms with van der Waals surface area (Å²) < 4.78 is 4.99. The molecule has 0 aliphatic carbocycles. The van der Waals surface area contributed by atoms with Crippen molar-refractivity contribution in [1.82, 2.24) is 10.3 Å². The highest BCUT2D eigenvalue weighted by atomic mass is 32.1. The zero-order valence-electron chi connectivity index (χ0n) is 8.25. The number of hydrogen-bond donors (Lipinski definition) is 1. The molecule has 0 saturated heterocycles. The van der Waals surface area contributed by atoms with Crippen LogP contribution in [0.1, 0.15) is 11.5 Å². The average molecular weight is 239 g/mol. The number of rotatable bonds is 5. The van der Waals surface area contributed by atoms with Crippen molar-refractivity contribution in [2.24, 2.45) is 0 Å². The third-order valence-corrected chi connectivity index (χ3v) is 2.55. The quantitative estimate of drug-likeness (QED) is 0.637. The van der Waals surface area contributed by atoms with Gasteiger partial charge in [-0.25, -0.2) is 4.98 Å². The van der Waals surface area contributed by atoms with Crippen molar-refractivity contribution < 1.29 is 9.34 Å². The Morgan fingerprint density at radius 1 is 1.50 bits per heavy atom. The van der Waals surface area contributed by atoms with E-state index in [2.05, 4.69) is 10.3 Å². The summed E-state index contributed by atoms with van der Waals surface area (Å²) in [6, 6.07) is 2.94. The van der Waals surface area contributed by atoms with Gasteiger partial charge in [-0.3, -0.25) is 10.1 Å². The zero-order chi connectivity index (χ0) is 11.4. The van der Waals surface area contributed by atoms with Crippen LogP contribution in [-0.4, -0.2) is 9.91 Å². The number of nitrogens with zero attached hydrogens (tertiary/aromatic N) is 2. The maximum Gasteiger partial charge on any atom is 0.433 e. The number of nitro groups is 1. The van der Waals surface area contributed by atoms with Crippen molar-refractivity contribution >= 4 is 17.2 Å². The lowest BCUT2D eigenvalue weighted by Gasteiger charge is -1.98. The molecule has 1 N–H and O–H groups in total. The first kappa shape index (κ1) is 10.8. The van der Waals surface area contributed by atoms with Crippen molar-refractivity contribution in [3.05, 3.63) is 44.6 Å². The predicted molar refractivity (Wildman–Crippen MR) is 58.0 cm³/mol. The first-order chi connectivity index (χ1) is 7.75. The van der Waals surface area contributed by atoms with Crippen molar-refractivity contribution in [3.63, 3.8) is 0 Å². The average Bonchev–Trinajstić information content (AvgIpc) is 2.87. The normalized spacial score (nSPS) is 10.5. The van der Waals surface area contributed by atoms with Crippen LogP contribution in [0, 0.1) is 10.1 Å². The monoisotopic (exact) mass is 239 g/mol. The van der Waals surface area contributed by atoms with E-state index in [4.69, 9.17) is 4.42 Å². The van der Waals surface area contributed by atoms with E-state index in [1.807, 2.05) is 5.38 Å². The summed E-state index contributed by atoms with van der Waals surface area (Å²) >= 11 is 1.53. The zero-order valence-corrected chi connectivity index (χ0v) is 9.07. The molecule has 0 aromatic carbocycles. The van der Waals surface area contributed by atoms with Crippen LogP contribution in [0.4, 0.5) is 5.88 Å². The molecule has 7 heteroatoms. The lowest BCUT2D eigenvalue weighted by atomic mass is 10.4. The first-order valence-corrected chi connectivity index (χ1v) is 5.51. The van der Waals surface area contributed by atoms with Gasteiger partial charge < -0.3 is 9.73 Å². The highest BCUT2D eigenvalue weighted by Crippen LogP contribution is 2.15. The van der Waals surface area contributed by atoms with Crippen LogP contribution in [0.2, 0.25) is 0 Å². The maximum absolute atomic E-state index is 10.4. The lowest BCUT2D eigenvalue weighted by Crippen LogP contribution is -2.12. The number of furan rings is 1. The van der Waals surface area contributed by atoms with E-state index in [-0.39, 0.29) is 5.88 Å². The van der Waals surface area contributed by atoms with Crippen LogP contribution in [0.15, 0.2) is 27.4 Å². The lowest BCUT2D eigenvalue weighted by molar-refractivity contribution is -0.402. The van der Waals surface area contributed by atoms with E-state index in [0.29, 0.717) is 18.8 Å². The van der Waals surface area contributed by atoms with Crippen LogP contribution < -0.4 is 5.32 Å². The largest absolute Gasteiger partial charge is 0.433 e. The minimum atomic E-state index is -0.552. The van der Waals surface area contributed by atoms with Crippen molar-refractivity contribution in [1.29, 1.82) is 0 Å². The fraction of sp³-hybridized carbons (Fsp3) is 0.222. The standard InChI is InChI=1S/C9H9N3O3S/c13-12(14)9-2-1-8(15-9)4-10-3-7-5-16-6-11-7/h1-2,5-6,10H,3-4H2. The second kappa shape index (κ2) is 4.86. The first-order valence-electron chi connectivity index (χ1n) is 4.56. The Hall–Kier alpha value is -1.73. The summed E-state index contributed by atoms with van der Waals surface area (Å²) in [4.78, 5) is 13.9. The van der Waals surface area contributed by atoms with Gasteiger partial charge in [-0.15, -0.1) is 11.3 Å². The van der Waals surface area contributed by atoms with Gasteiger partial charge in [-0.2, -0.15) is 0 Å². The van der Waals surface area contributed by atoms with E-state index >= 15 is 0 Å². The Balaban J connectivity index is 1.83. The summed E-state index contributed by atoms with van der Waals surface area (Å²) in [5.41, 5.74) is 2.71. The molecule has 0 aliphatic rings. The van der Waals surface area contributed by atoms with Gasteiger partial charge in [0.1, 0.15) is 10.7 Å². The van der Waals surface area contributed by atoms with Gasteiger partial charge in [0.2, 0.25) is 0 Å². The molecule has 0 bridgehead atoms. The van der Waals surface area contributed by atoms with E-state index in [1.54, 1.807) is 11.6 Å². The number of aromatic nitrogens is 1. The van der Waals surface area contributed by atoms with Crippen LogP contribution in [0.5, 0.6) is 0 Å².